The van der Waals surface area contributed by atoms with Gasteiger partial charge in [-0.25, -0.2) is 4.79 Å². The first kappa shape index (κ1) is 17.0. The van der Waals surface area contributed by atoms with Gasteiger partial charge in [0.2, 0.25) is 0 Å². The molecule has 0 spiro atoms. The third kappa shape index (κ3) is 3.48. The second-order valence-electron chi connectivity index (χ2n) is 7.22. The number of carbonyl (C=O) groups excluding carboxylic acids is 1. The Balaban J connectivity index is 1.68. The van der Waals surface area contributed by atoms with Crippen LogP contribution in [0.2, 0.25) is 0 Å². The van der Waals surface area contributed by atoms with E-state index < -0.39 is 6.10 Å². The first-order valence-corrected chi connectivity index (χ1v) is 8.99. The highest BCUT2D eigenvalue weighted by atomic mass is 16.3. The van der Waals surface area contributed by atoms with Crippen molar-refractivity contribution in [3.05, 3.63) is 48.0 Å². The summed E-state index contributed by atoms with van der Waals surface area (Å²) in [4.78, 5) is 16.5. The van der Waals surface area contributed by atoms with Crippen molar-refractivity contribution in [3.8, 4) is 0 Å². The molecule has 3 rings (SSSR count). The van der Waals surface area contributed by atoms with E-state index in [1.165, 1.54) is 6.42 Å². The molecule has 1 heterocycles. The number of aliphatic hydroxyl groups is 1. The number of rotatable bonds is 4. The molecule has 1 fully saturated rings. The third-order valence-electron chi connectivity index (χ3n) is 5.42. The van der Waals surface area contributed by atoms with Crippen LogP contribution < -0.4 is 0 Å². The van der Waals surface area contributed by atoms with Crippen molar-refractivity contribution in [2.75, 3.05) is 20.1 Å². The number of amides is 2. The van der Waals surface area contributed by atoms with Crippen molar-refractivity contribution in [1.82, 2.24) is 9.80 Å². The minimum atomic E-state index is -0.637. The molecule has 130 valence electrons. The maximum absolute atomic E-state index is 12.8. The van der Waals surface area contributed by atoms with E-state index in [9.17, 15) is 9.90 Å². The molecule has 4 heteroatoms. The average molecular weight is 328 g/mol. The molecule has 4 unspecified atom stereocenters. The van der Waals surface area contributed by atoms with Gasteiger partial charge in [0.25, 0.3) is 0 Å². The van der Waals surface area contributed by atoms with Gasteiger partial charge in [-0.15, -0.1) is 0 Å². The Morgan fingerprint density at radius 3 is 2.71 bits per heavy atom. The Labute approximate surface area is 144 Å². The Hall–Kier alpha value is -1.81. The fourth-order valence-electron chi connectivity index (χ4n) is 4.24. The molecule has 4 atom stereocenters. The molecule has 24 heavy (non-hydrogen) atoms. The highest BCUT2D eigenvalue weighted by Crippen LogP contribution is 2.32. The van der Waals surface area contributed by atoms with Gasteiger partial charge >= 0.3 is 6.03 Å². The van der Waals surface area contributed by atoms with Gasteiger partial charge < -0.3 is 14.9 Å². The molecule has 1 aromatic rings. The van der Waals surface area contributed by atoms with Crippen molar-refractivity contribution < 1.29 is 9.90 Å². The van der Waals surface area contributed by atoms with Crippen LogP contribution in [0.25, 0.3) is 0 Å². The molecule has 0 bridgehead atoms. The molecular weight excluding hydrogens is 300 g/mol. The van der Waals surface area contributed by atoms with Crippen molar-refractivity contribution in [2.45, 2.75) is 38.3 Å². The standard InChI is InChI=1S/C20H28N2O2/c1-15-13-22(14-18(23)16-9-5-3-6-10-16)20(24)21(2)19(15)17-11-7-4-8-12-17/h3,5-7,9-11,15,17-19,23H,4,8,12-14H2,1-2H3. The van der Waals surface area contributed by atoms with Crippen molar-refractivity contribution >= 4 is 6.03 Å². The van der Waals surface area contributed by atoms with E-state index in [1.54, 1.807) is 4.90 Å². The van der Waals surface area contributed by atoms with Crippen molar-refractivity contribution in [1.29, 1.82) is 0 Å². The minimum absolute atomic E-state index is 0.0343. The molecule has 0 saturated carbocycles. The van der Waals surface area contributed by atoms with Gasteiger partial charge in [0.05, 0.1) is 12.6 Å². The topological polar surface area (TPSA) is 43.8 Å². The number of nitrogens with zero attached hydrogens (tertiary/aromatic N) is 2. The summed E-state index contributed by atoms with van der Waals surface area (Å²) in [5, 5.41) is 10.5. The Kier molecular flexibility index (Phi) is 5.24. The van der Waals surface area contributed by atoms with Gasteiger partial charge in [-0.05, 0) is 36.7 Å². The van der Waals surface area contributed by atoms with E-state index in [2.05, 4.69) is 19.1 Å². The van der Waals surface area contributed by atoms with Gasteiger partial charge in [-0.2, -0.15) is 0 Å². The summed E-state index contributed by atoms with van der Waals surface area (Å²) in [7, 11) is 1.91. The molecule has 2 aliphatic rings. The second-order valence-corrected chi connectivity index (χ2v) is 7.22. The van der Waals surface area contributed by atoms with Crippen molar-refractivity contribution in [3.63, 3.8) is 0 Å². The summed E-state index contributed by atoms with van der Waals surface area (Å²) < 4.78 is 0. The summed E-state index contributed by atoms with van der Waals surface area (Å²) in [5.41, 5.74) is 0.859. The minimum Gasteiger partial charge on any atom is -0.387 e. The monoisotopic (exact) mass is 328 g/mol. The van der Waals surface area contributed by atoms with Gasteiger partial charge in [-0.1, -0.05) is 49.4 Å². The number of hydrogen-bond donors (Lipinski definition) is 1. The Morgan fingerprint density at radius 1 is 1.29 bits per heavy atom. The molecular formula is C20H28N2O2. The van der Waals surface area contributed by atoms with E-state index in [1.807, 2.05) is 42.3 Å². The first-order valence-electron chi connectivity index (χ1n) is 8.99. The van der Waals surface area contributed by atoms with Crippen LogP contribution in [-0.4, -0.2) is 47.1 Å². The fourth-order valence-corrected chi connectivity index (χ4v) is 4.24. The smallest absolute Gasteiger partial charge is 0.320 e. The van der Waals surface area contributed by atoms with Gasteiger partial charge in [0.15, 0.2) is 0 Å². The second kappa shape index (κ2) is 7.39. The first-order chi connectivity index (χ1) is 11.6. The van der Waals surface area contributed by atoms with E-state index >= 15 is 0 Å². The SMILES string of the molecule is CC1CN(CC(O)c2ccccc2)C(=O)N(C)C1C1C=CCCC1. The zero-order chi connectivity index (χ0) is 17.1. The van der Waals surface area contributed by atoms with Crippen molar-refractivity contribution in [2.24, 2.45) is 11.8 Å². The van der Waals surface area contributed by atoms with E-state index in [4.69, 9.17) is 0 Å². The highest BCUT2D eigenvalue weighted by molar-refractivity contribution is 5.75. The van der Waals surface area contributed by atoms with E-state index in [0.29, 0.717) is 24.9 Å². The zero-order valence-electron chi connectivity index (χ0n) is 14.6. The lowest BCUT2D eigenvalue weighted by molar-refractivity contribution is 0.0392. The summed E-state index contributed by atoms with van der Waals surface area (Å²) in [6.45, 7) is 3.28. The number of carbonyl (C=O) groups is 1. The van der Waals surface area contributed by atoms with Gasteiger partial charge in [0, 0.05) is 19.6 Å². The van der Waals surface area contributed by atoms with Crippen LogP contribution in [0.1, 0.15) is 37.9 Å². The normalized spacial score (nSPS) is 29.0. The Bertz CT molecular complexity index is 587. The lowest BCUT2D eigenvalue weighted by atomic mass is 9.81. The molecule has 2 amide bonds. The molecule has 4 nitrogen and oxygen atoms in total. The summed E-state index contributed by atoms with van der Waals surface area (Å²) in [6, 6.07) is 9.86. The highest BCUT2D eigenvalue weighted by Gasteiger charge is 2.39. The number of hydrogen-bond acceptors (Lipinski definition) is 2. The summed E-state index contributed by atoms with van der Waals surface area (Å²) in [6.07, 6.45) is 7.44. The van der Waals surface area contributed by atoms with Crippen LogP contribution in [0.3, 0.4) is 0 Å². The van der Waals surface area contributed by atoms with Gasteiger partial charge in [0.1, 0.15) is 0 Å². The maximum atomic E-state index is 12.8. The van der Waals surface area contributed by atoms with Crippen LogP contribution in [0, 0.1) is 11.8 Å². The largest absolute Gasteiger partial charge is 0.387 e. The number of β-amino-alcohol motifs (C(OH)–C–C–N with tert-alkyl or cyclic N) is 1. The molecule has 1 aromatic carbocycles. The molecule has 1 aliphatic carbocycles. The number of aliphatic hydroxyl groups excluding tert-OH is 1. The number of urea groups is 1. The Morgan fingerprint density at radius 2 is 2.04 bits per heavy atom. The average Bonchev–Trinajstić information content (AvgIpc) is 2.61. The molecule has 0 aromatic heterocycles. The number of benzene rings is 1. The maximum Gasteiger partial charge on any atom is 0.320 e. The van der Waals surface area contributed by atoms with Crippen LogP contribution in [0.4, 0.5) is 4.79 Å². The molecule has 1 saturated heterocycles. The lowest BCUT2D eigenvalue weighted by Crippen LogP contribution is -2.59. The van der Waals surface area contributed by atoms with Crippen LogP contribution in [-0.2, 0) is 0 Å². The third-order valence-corrected chi connectivity index (χ3v) is 5.42. The lowest BCUT2D eigenvalue weighted by Gasteiger charge is -2.47. The van der Waals surface area contributed by atoms with Crippen LogP contribution in [0.15, 0.2) is 42.5 Å². The predicted octanol–water partition coefficient (Wildman–Crippen LogP) is 3.45. The number of allylic oxidation sites excluding steroid dienone is 1. The van der Waals surface area contributed by atoms with Gasteiger partial charge in [-0.3, -0.25) is 0 Å². The quantitative estimate of drug-likeness (QED) is 0.860. The summed E-state index contributed by atoms with van der Waals surface area (Å²) >= 11 is 0. The van der Waals surface area contributed by atoms with Crippen LogP contribution >= 0.6 is 0 Å². The zero-order valence-corrected chi connectivity index (χ0v) is 14.6. The fraction of sp³-hybridized carbons (Fsp3) is 0.550. The van der Waals surface area contributed by atoms with E-state index in [-0.39, 0.29) is 12.1 Å². The summed E-state index contributed by atoms with van der Waals surface area (Å²) in [5.74, 6) is 0.854. The predicted molar refractivity (Wildman–Crippen MR) is 95.6 cm³/mol. The van der Waals surface area contributed by atoms with Crippen LogP contribution in [0.5, 0.6) is 0 Å². The molecule has 0 radical (unpaired) electrons. The molecule has 1 aliphatic heterocycles. The molecule has 1 N–H and O–H groups in total. The van der Waals surface area contributed by atoms with E-state index in [0.717, 1.165) is 18.4 Å².